The lowest BCUT2D eigenvalue weighted by Crippen LogP contribution is -2.76. The smallest absolute Gasteiger partial charge is 0.418 e. The van der Waals surface area contributed by atoms with Gasteiger partial charge in [0.15, 0.2) is 17.9 Å². The summed E-state index contributed by atoms with van der Waals surface area (Å²) in [5.74, 6) is -3.10. The third-order valence-electron chi connectivity index (χ3n) is 7.55. The molecule has 0 unspecified atom stereocenters. The number of nitrogens with zero attached hydrogens (tertiary/aromatic N) is 5. The van der Waals surface area contributed by atoms with E-state index in [-0.39, 0.29) is 10.8 Å². The first-order valence-electron chi connectivity index (χ1n) is 15.3. The number of aromatic nitrogens is 3. The van der Waals surface area contributed by atoms with Gasteiger partial charge in [0, 0.05) is 5.38 Å². The Balaban J connectivity index is 1.39. The number of nitrogen functional groups attached to an aromatic ring is 1. The van der Waals surface area contributed by atoms with Crippen molar-refractivity contribution in [3.05, 3.63) is 47.7 Å². The summed E-state index contributed by atoms with van der Waals surface area (Å²) in [6, 6.07) is 5.70. The highest BCUT2D eigenvalue weighted by Gasteiger charge is 2.58. The van der Waals surface area contributed by atoms with Crippen LogP contribution in [0.15, 0.2) is 47.2 Å². The number of hydroxylamine groups is 2. The number of carbonyl (C=O) groups is 3. The van der Waals surface area contributed by atoms with Gasteiger partial charge in [-0.25, -0.2) is 9.78 Å². The van der Waals surface area contributed by atoms with Crippen molar-refractivity contribution < 1.29 is 51.0 Å². The standard InChI is InChI=1S/C29H39N9O10S2/c1-29(2)24(26(40)38(29)48-50(43,44)45)34-25(39)23(21-17-49-28(31)33-21)35-47-22(27(41)42)16-46-20-8-6-18(7-9-20)19-14-36(3)37(15-19)13-5-12-32-11-4-10-30/h6-9,14-15,17,22,24,32H,4-5,10-13,16,30H2,1-3H3,(H4-,31,33,34,39,41,42,43,44,45)/p+1/b35-23+/t22-,24+/m0/s1. The minimum Gasteiger partial charge on any atom is -0.489 e. The van der Waals surface area contributed by atoms with E-state index >= 15 is 0 Å². The quantitative estimate of drug-likeness (QED) is 0.0225. The van der Waals surface area contributed by atoms with E-state index in [4.69, 9.17) is 25.6 Å². The van der Waals surface area contributed by atoms with Crippen molar-refractivity contribution in [2.24, 2.45) is 17.9 Å². The number of oxime groups is 1. The highest BCUT2D eigenvalue weighted by Crippen LogP contribution is 2.33. The number of carboxylic acids is 1. The topological polar surface area (TPSA) is 267 Å². The number of anilines is 1. The number of ether oxygens (including phenoxy) is 1. The molecule has 8 N–H and O–H groups in total. The molecule has 1 aromatic carbocycles. The lowest BCUT2D eigenvalue weighted by Gasteiger charge is -2.50. The van der Waals surface area contributed by atoms with Crippen LogP contribution in [0, 0.1) is 0 Å². The molecule has 0 bridgehead atoms. The number of carbonyl (C=O) groups excluding carboxylic acids is 2. The number of thiazole rings is 1. The molecule has 2 atom stereocenters. The summed E-state index contributed by atoms with van der Waals surface area (Å²) in [5, 5.41) is 21.1. The summed E-state index contributed by atoms with van der Waals surface area (Å²) in [6.07, 6.45) is 4.25. The van der Waals surface area contributed by atoms with Crippen LogP contribution in [0.25, 0.3) is 11.1 Å². The van der Waals surface area contributed by atoms with E-state index in [0.29, 0.717) is 17.4 Å². The molecule has 3 heterocycles. The van der Waals surface area contributed by atoms with Crippen LogP contribution in [-0.2, 0) is 47.5 Å². The van der Waals surface area contributed by atoms with Crippen LogP contribution in [0.2, 0.25) is 0 Å². The van der Waals surface area contributed by atoms with E-state index in [0.717, 1.165) is 54.9 Å². The van der Waals surface area contributed by atoms with Crippen LogP contribution in [0.4, 0.5) is 5.13 Å². The van der Waals surface area contributed by atoms with Gasteiger partial charge in [-0.3, -0.25) is 14.1 Å². The number of aryl methyl sites for hydroxylation is 2. The van der Waals surface area contributed by atoms with Gasteiger partial charge in [0.25, 0.3) is 17.9 Å². The Bertz CT molecular complexity index is 1810. The van der Waals surface area contributed by atoms with Crippen molar-refractivity contribution in [3.63, 3.8) is 0 Å². The molecule has 0 radical (unpaired) electrons. The van der Waals surface area contributed by atoms with Crippen molar-refractivity contribution >= 4 is 50.4 Å². The van der Waals surface area contributed by atoms with Gasteiger partial charge in [-0.2, -0.15) is 18.2 Å². The molecule has 4 rings (SSSR count). The summed E-state index contributed by atoms with van der Waals surface area (Å²) >= 11 is 0.963. The first-order chi connectivity index (χ1) is 23.6. The Morgan fingerprint density at radius 2 is 1.90 bits per heavy atom. The summed E-state index contributed by atoms with van der Waals surface area (Å²) in [5.41, 5.74) is 11.1. The van der Waals surface area contributed by atoms with Crippen LogP contribution in [0.1, 0.15) is 32.4 Å². The fourth-order valence-corrected chi connectivity index (χ4v) is 5.85. The maximum atomic E-state index is 13.2. The number of β-lactam (4-membered cyclic amide) rings is 1. The minimum atomic E-state index is -5.02. The summed E-state index contributed by atoms with van der Waals surface area (Å²) in [4.78, 5) is 47.0. The van der Waals surface area contributed by atoms with E-state index in [2.05, 4.69) is 29.7 Å². The van der Waals surface area contributed by atoms with Crippen LogP contribution >= 0.6 is 11.3 Å². The second-order valence-corrected chi connectivity index (χ2v) is 13.6. The van der Waals surface area contributed by atoms with Crippen molar-refractivity contribution in [1.29, 1.82) is 0 Å². The number of carboxylic acid groups (broad SMARTS) is 1. The highest BCUT2D eigenvalue weighted by atomic mass is 32.3. The number of benzene rings is 1. The van der Waals surface area contributed by atoms with E-state index in [1.807, 2.05) is 36.3 Å². The number of aliphatic carboxylic acids is 1. The molecule has 0 aliphatic carbocycles. The zero-order valence-corrected chi connectivity index (χ0v) is 29.1. The van der Waals surface area contributed by atoms with Gasteiger partial charge in [-0.1, -0.05) is 17.3 Å². The number of nitrogens with one attached hydrogen (secondary N) is 2. The fraction of sp³-hybridized carbons (Fsp3) is 0.448. The van der Waals surface area contributed by atoms with Gasteiger partial charge in [-0.15, -0.1) is 20.3 Å². The van der Waals surface area contributed by atoms with Gasteiger partial charge >= 0.3 is 16.4 Å². The molecule has 272 valence electrons. The highest BCUT2D eigenvalue weighted by molar-refractivity contribution is 7.80. The predicted molar refractivity (Wildman–Crippen MR) is 179 cm³/mol. The number of amides is 2. The minimum absolute atomic E-state index is 0.0616. The monoisotopic (exact) mass is 738 g/mol. The number of hydrogen-bond acceptors (Lipinski definition) is 14. The molecule has 19 nitrogen and oxygen atoms in total. The van der Waals surface area contributed by atoms with E-state index in [9.17, 15) is 27.9 Å². The number of nitrogens with two attached hydrogens (primary N) is 2. The second-order valence-electron chi connectivity index (χ2n) is 11.7. The third kappa shape index (κ3) is 9.73. The molecule has 2 aromatic heterocycles. The molecule has 50 heavy (non-hydrogen) atoms. The SMILES string of the molecule is C[n+]1cc(-c2ccc(OC[C@H](O/N=C(/C(=O)N[C@@H]3C(=O)N(OS(=O)(=O)O)C3(C)C)c3csc(N)n3)C(=O)O)cc2)cn1CCCNCCCN. The van der Waals surface area contributed by atoms with Crippen LogP contribution in [-0.4, -0.2) is 100 Å². The van der Waals surface area contributed by atoms with Crippen LogP contribution < -0.4 is 31.5 Å². The Labute approximate surface area is 291 Å². The Hall–Kier alpha value is -4.67. The van der Waals surface area contributed by atoms with Crippen LogP contribution in [0.5, 0.6) is 5.75 Å². The van der Waals surface area contributed by atoms with Gasteiger partial charge < -0.3 is 36.8 Å². The molecular weight excluding hydrogens is 699 g/mol. The summed E-state index contributed by atoms with van der Waals surface area (Å²) in [6.45, 7) is 5.51. The Morgan fingerprint density at radius 3 is 2.50 bits per heavy atom. The molecular formula is C29H40N9O10S2+. The molecule has 0 spiro atoms. The van der Waals surface area contributed by atoms with Gasteiger partial charge in [0.2, 0.25) is 6.20 Å². The summed E-state index contributed by atoms with van der Waals surface area (Å²) in [7, 11) is -3.06. The van der Waals surface area contributed by atoms with Crippen LogP contribution in [0.3, 0.4) is 0 Å². The molecule has 3 aromatic rings. The number of hydrogen-bond donors (Lipinski definition) is 6. The van der Waals surface area contributed by atoms with Crippen molar-refractivity contribution in [2.75, 3.05) is 32.0 Å². The Morgan fingerprint density at radius 1 is 1.20 bits per heavy atom. The Kier molecular flexibility index (Phi) is 12.5. The predicted octanol–water partition coefficient (Wildman–Crippen LogP) is -0.560. The van der Waals surface area contributed by atoms with Gasteiger partial charge in [-0.05, 0) is 64.0 Å². The average molecular weight is 739 g/mol. The van der Waals surface area contributed by atoms with Gasteiger partial charge in [0.1, 0.15) is 24.1 Å². The normalized spacial score (nSPS) is 16.5. The van der Waals surface area contributed by atoms with Crippen molar-refractivity contribution in [2.45, 2.75) is 50.9 Å². The first kappa shape index (κ1) is 38.1. The van der Waals surface area contributed by atoms with Crippen molar-refractivity contribution in [3.8, 4) is 16.9 Å². The average Bonchev–Trinajstić information content (AvgIpc) is 3.66. The maximum Gasteiger partial charge on any atom is 0.418 e. The lowest BCUT2D eigenvalue weighted by molar-refractivity contribution is -0.753. The third-order valence-corrected chi connectivity index (χ3v) is 8.57. The van der Waals surface area contributed by atoms with Crippen molar-refractivity contribution in [1.82, 2.24) is 25.4 Å². The van der Waals surface area contributed by atoms with E-state index in [1.54, 1.807) is 12.1 Å². The molecule has 1 aliphatic rings. The fourth-order valence-electron chi connectivity index (χ4n) is 4.85. The summed E-state index contributed by atoms with van der Waals surface area (Å²) < 4.78 is 45.2. The molecule has 2 amide bonds. The zero-order chi connectivity index (χ0) is 36.6. The maximum absolute atomic E-state index is 13.2. The lowest BCUT2D eigenvalue weighted by atomic mass is 9.84. The van der Waals surface area contributed by atoms with E-state index < -0.39 is 58.2 Å². The molecule has 1 fully saturated rings. The van der Waals surface area contributed by atoms with Gasteiger partial charge in [0.05, 0.1) is 23.8 Å². The molecule has 1 aliphatic heterocycles. The van der Waals surface area contributed by atoms with E-state index in [1.165, 1.54) is 19.2 Å². The first-order valence-corrected chi connectivity index (χ1v) is 17.5. The number of rotatable bonds is 19. The largest absolute Gasteiger partial charge is 0.489 e. The molecule has 1 saturated heterocycles. The molecule has 0 saturated carbocycles. The molecule has 21 heteroatoms. The zero-order valence-electron chi connectivity index (χ0n) is 27.5. The second kappa shape index (κ2) is 16.4.